The molecule has 1 N–H and O–H groups in total. The lowest BCUT2D eigenvalue weighted by molar-refractivity contribution is -0.386. The van der Waals surface area contributed by atoms with Crippen LogP contribution in [0.3, 0.4) is 0 Å². The van der Waals surface area contributed by atoms with E-state index < -0.39 is 4.92 Å². The molecule has 0 spiro atoms. The maximum Gasteiger partial charge on any atom is 0.311 e. The molecule has 160 valence electrons. The first kappa shape index (κ1) is 22.0. The summed E-state index contributed by atoms with van der Waals surface area (Å²) >= 11 is 1.39. The van der Waals surface area contributed by atoms with Crippen LogP contribution in [0.1, 0.15) is 31.2 Å². The van der Waals surface area contributed by atoms with Gasteiger partial charge in [0.1, 0.15) is 12.4 Å². The molecule has 3 aromatic rings. The molecule has 1 heterocycles. The van der Waals surface area contributed by atoms with Gasteiger partial charge in [-0.1, -0.05) is 6.07 Å². The summed E-state index contributed by atoms with van der Waals surface area (Å²) in [5.74, 6) is 0.471. The minimum Gasteiger partial charge on any atom is -0.496 e. The third-order valence-electron chi connectivity index (χ3n) is 4.34. The van der Waals surface area contributed by atoms with E-state index in [0.29, 0.717) is 21.8 Å². The van der Waals surface area contributed by atoms with Gasteiger partial charge in [-0.15, -0.1) is 11.3 Å². The van der Waals surface area contributed by atoms with E-state index in [1.54, 1.807) is 43.3 Å². The largest absolute Gasteiger partial charge is 0.496 e. The highest BCUT2D eigenvalue weighted by Gasteiger charge is 2.16. The number of aryl methyl sites for hydroxylation is 2. The number of hydrogen-bond donors (Lipinski definition) is 1. The molecule has 0 fully saturated rings. The Balaban J connectivity index is 1.72. The normalized spacial score (nSPS) is 10.8. The molecular formula is C22H21N3O5S. The predicted molar refractivity (Wildman–Crippen MR) is 119 cm³/mol. The molecule has 0 aliphatic heterocycles. The summed E-state index contributed by atoms with van der Waals surface area (Å²) in [6.45, 7) is 3.77. The van der Waals surface area contributed by atoms with E-state index in [0.717, 1.165) is 10.4 Å². The number of amides is 1. The minimum atomic E-state index is -0.472. The Kier molecular flexibility index (Phi) is 6.99. The molecule has 0 aliphatic rings. The zero-order valence-electron chi connectivity index (χ0n) is 17.2. The van der Waals surface area contributed by atoms with Crippen LogP contribution < -0.4 is 14.9 Å². The van der Waals surface area contributed by atoms with E-state index in [2.05, 4.69) is 10.5 Å². The third kappa shape index (κ3) is 5.67. The van der Waals surface area contributed by atoms with Crippen molar-refractivity contribution in [3.8, 4) is 11.5 Å². The Morgan fingerprint density at radius 3 is 2.61 bits per heavy atom. The SMILES string of the molecule is COc1ccc(C=NNC(=O)c2ccc(C)s2)cc1COc1ccc(C)cc1[N+](=O)[O-]. The Morgan fingerprint density at radius 2 is 1.94 bits per heavy atom. The van der Waals surface area contributed by atoms with Crippen molar-refractivity contribution in [1.82, 2.24) is 5.43 Å². The zero-order chi connectivity index (χ0) is 22.4. The molecule has 0 bridgehead atoms. The van der Waals surface area contributed by atoms with E-state index in [9.17, 15) is 14.9 Å². The zero-order valence-corrected chi connectivity index (χ0v) is 18.1. The van der Waals surface area contributed by atoms with Gasteiger partial charge < -0.3 is 9.47 Å². The van der Waals surface area contributed by atoms with Crippen LogP contribution in [-0.2, 0) is 6.61 Å². The Hall–Kier alpha value is -3.72. The molecule has 0 atom stereocenters. The number of ether oxygens (including phenoxy) is 2. The number of rotatable bonds is 8. The standard InChI is InChI=1S/C22H21N3O5S/c1-14-4-7-20(18(10-14)25(27)28)30-13-17-11-16(6-8-19(17)29-3)12-23-24-22(26)21-9-5-15(2)31-21/h4-12H,13H2,1-3H3,(H,24,26). The first-order valence-corrected chi connectivity index (χ1v) is 10.1. The quantitative estimate of drug-likeness (QED) is 0.313. The summed E-state index contributed by atoms with van der Waals surface area (Å²) in [6, 6.07) is 13.7. The number of thiophene rings is 1. The van der Waals surface area contributed by atoms with Crippen LogP contribution in [0.5, 0.6) is 11.5 Å². The van der Waals surface area contributed by atoms with Crippen molar-refractivity contribution in [1.29, 1.82) is 0 Å². The van der Waals surface area contributed by atoms with Gasteiger partial charge in [0.15, 0.2) is 5.75 Å². The summed E-state index contributed by atoms with van der Waals surface area (Å²) in [5.41, 5.74) is 4.56. The van der Waals surface area contributed by atoms with E-state index in [4.69, 9.17) is 9.47 Å². The smallest absolute Gasteiger partial charge is 0.311 e. The lowest BCUT2D eigenvalue weighted by Gasteiger charge is -2.11. The molecule has 31 heavy (non-hydrogen) atoms. The van der Waals surface area contributed by atoms with Gasteiger partial charge in [-0.25, -0.2) is 5.43 Å². The second-order valence-corrected chi connectivity index (χ2v) is 7.99. The molecule has 1 amide bonds. The monoisotopic (exact) mass is 439 g/mol. The van der Waals surface area contributed by atoms with Gasteiger partial charge in [0.25, 0.3) is 5.91 Å². The van der Waals surface area contributed by atoms with Gasteiger partial charge in [0, 0.05) is 16.5 Å². The molecule has 9 heteroatoms. The summed E-state index contributed by atoms with van der Waals surface area (Å²) in [7, 11) is 1.53. The fraction of sp³-hybridized carbons (Fsp3) is 0.182. The molecule has 0 saturated carbocycles. The summed E-state index contributed by atoms with van der Waals surface area (Å²) in [4.78, 5) is 24.5. The molecule has 8 nitrogen and oxygen atoms in total. The highest BCUT2D eigenvalue weighted by molar-refractivity contribution is 7.13. The Bertz CT molecular complexity index is 1140. The minimum absolute atomic E-state index is 0.0651. The Morgan fingerprint density at radius 1 is 1.16 bits per heavy atom. The van der Waals surface area contributed by atoms with Crippen LogP contribution in [0.25, 0.3) is 0 Å². The summed E-state index contributed by atoms with van der Waals surface area (Å²) in [6.07, 6.45) is 1.51. The average molecular weight is 439 g/mol. The van der Waals surface area contributed by atoms with E-state index in [1.165, 1.54) is 30.7 Å². The average Bonchev–Trinajstić information content (AvgIpc) is 3.19. The first-order chi connectivity index (χ1) is 14.9. The molecule has 0 saturated heterocycles. The van der Waals surface area contributed by atoms with Crippen molar-refractivity contribution in [3.63, 3.8) is 0 Å². The maximum atomic E-state index is 12.1. The van der Waals surface area contributed by atoms with Gasteiger partial charge in [-0.3, -0.25) is 14.9 Å². The van der Waals surface area contributed by atoms with E-state index in [-0.39, 0.29) is 24.0 Å². The third-order valence-corrected chi connectivity index (χ3v) is 5.34. The van der Waals surface area contributed by atoms with Crippen molar-refractivity contribution >= 4 is 29.1 Å². The number of nitrogens with one attached hydrogen (secondary N) is 1. The second kappa shape index (κ2) is 9.86. The maximum absolute atomic E-state index is 12.1. The number of methoxy groups -OCH3 is 1. The molecular weight excluding hydrogens is 418 g/mol. The van der Waals surface area contributed by atoms with Gasteiger partial charge in [0.05, 0.1) is 23.1 Å². The first-order valence-electron chi connectivity index (χ1n) is 9.32. The van der Waals surface area contributed by atoms with Crippen LogP contribution in [0.15, 0.2) is 53.6 Å². The van der Waals surface area contributed by atoms with Crippen LogP contribution in [-0.4, -0.2) is 24.2 Å². The number of hydrogen-bond acceptors (Lipinski definition) is 7. The fourth-order valence-electron chi connectivity index (χ4n) is 2.82. The van der Waals surface area contributed by atoms with Crippen LogP contribution in [0.4, 0.5) is 5.69 Å². The predicted octanol–water partition coefficient (Wildman–Crippen LogP) is 4.62. The Labute approximate surface area is 183 Å². The summed E-state index contributed by atoms with van der Waals surface area (Å²) in [5, 5.41) is 15.3. The molecule has 0 radical (unpaired) electrons. The highest BCUT2D eigenvalue weighted by atomic mass is 32.1. The number of nitro groups is 1. The van der Waals surface area contributed by atoms with E-state index >= 15 is 0 Å². The van der Waals surface area contributed by atoms with Crippen LogP contribution in [0, 0.1) is 24.0 Å². The van der Waals surface area contributed by atoms with Crippen LogP contribution >= 0.6 is 11.3 Å². The van der Waals surface area contributed by atoms with Crippen LogP contribution in [0.2, 0.25) is 0 Å². The molecule has 2 aromatic carbocycles. The number of carbonyl (C=O) groups excluding carboxylic acids is 1. The molecule has 0 unspecified atom stereocenters. The van der Waals surface area contributed by atoms with Gasteiger partial charge in [0.2, 0.25) is 0 Å². The van der Waals surface area contributed by atoms with Crippen molar-refractivity contribution in [3.05, 3.63) is 85.1 Å². The van der Waals surface area contributed by atoms with Crippen molar-refractivity contribution in [2.45, 2.75) is 20.5 Å². The molecule has 1 aromatic heterocycles. The number of benzene rings is 2. The van der Waals surface area contributed by atoms with Crippen molar-refractivity contribution in [2.75, 3.05) is 7.11 Å². The topological polar surface area (TPSA) is 103 Å². The highest BCUT2D eigenvalue weighted by Crippen LogP contribution is 2.30. The summed E-state index contributed by atoms with van der Waals surface area (Å²) < 4.78 is 11.1. The number of nitro benzene ring substituents is 1. The molecule has 0 aliphatic carbocycles. The van der Waals surface area contributed by atoms with Gasteiger partial charge in [-0.2, -0.15) is 5.10 Å². The van der Waals surface area contributed by atoms with Gasteiger partial charge in [-0.05, 0) is 61.4 Å². The van der Waals surface area contributed by atoms with Gasteiger partial charge >= 0.3 is 5.69 Å². The lowest BCUT2D eigenvalue weighted by atomic mass is 10.1. The second-order valence-electron chi connectivity index (χ2n) is 6.70. The molecule has 3 rings (SSSR count). The van der Waals surface area contributed by atoms with Crippen molar-refractivity contribution in [2.24, 2.45) is 5.10 Å². The number of hydrazone groups is 1. The number of nitrogens with zero attached hydrogens (tertiary/aromatic N) is 2. The van der Waals surface area contributed by atoms with Crippen molar-refractivity contribution < 1.29 is 19.2 Å². The van der Waals surface area contributed by atoms with E-state index in [1.807, 2.05) is 13.0 Å². The number of carbonyl (C=O) groups is 1. The fourth-order valence-corrected chi connectivity index (χ4v) is 3.57. The lowest BCUT2D eigenvalue weighted by Crippen LogP contribution is -2.16.